The number of anilines is 1. The van der Waals surface area contributed by atoms with Gasteiger partial charge in [0.1, 0.15) is 5.82 Å². The molecule has 1 N–H and O–H groups in total. The van der Waals surface area contributed by atoms with Gasteiger partial charge in [-0.05, 0) is 12.8 Å². The van der Waals surface area contributed by atoms with Crippen LogP contribution in [0.5, 0.6) is 0 Å². The van der Waals surface area contributed by atoms with Crippen molar-refractivity contribution in [3.05, 3.63) is 11.5 Å². The second-order valence-corrected chi connectivity index (χ2v) is 5.52. The Morgan fingerprint density at radius 3 is 2.45 bits per heavy atom. The summed E-state index contributed by atoms with van der Waals surface area (Å²) >= 11 is 0. The number of aryl methyl sites for hydroxylation is 1. The molecule has 112 valence electrons. The number of hydrogen-bond acceptors (Lipinski definition) is 3. The van der Waals surface area contributed by atoms with Gasteiger partial charge in [-0.15, -0.1) is 0 Å². The van der Waals surface area contributed by atoms with Crippen LogP contribution in [0.2, 0.25) is 0 Å². The maximum atomic E-state index is 12.5. The van der Waals surface area contributed by atoms with Gasteiger partial charge in [0, 0.05) is 19.5 Å². The number of fused-ring (bicyclic) bond motifs is 1. The van der Waals surface area contributed by atoms with Gasteiger partial charge in [0.15, 0.2) is 11.5 Å². The maximum absolute atomic E-state index is 12.5. The number of imidazole rings is 1. The molecule has 0 atom stereocenters. The van der Waals surface area contributed by atoms with Gasteiger partial charge < -0.3 is 14.8 Å². The molecule has 1 aliphatic rings. The molecule has 0 fully saturated rings. The summed E-state index contributed by atoms with van der Waals surface area (Å²) in [6, 6.07) is 0.383. The Bertz CT molecular complexity index is 474. The molecule has 0 saturated carbocycles. The fourth-order valence-corrected chi connectivity index (χ4v) is 2.96. The molecular weight excluding hydrogens is 252 g/mol. The van der Waals surface area contributed by atoms with Crippen molar-refractivity contribution in [3.8, 4) is 0 Å². The zero-order valence-electron chi connectivity index (χ0n) is 13.1. The highest BCUT2D eigenvalue weighted by Crippen LogP contribution is 2.30. The Balaban J connectivity index is 2.49. The molecular formula is C15H26N4O. The molecule has 2 heterocycles. The van der Waals surface area contributed by atoms with Gasteiger partial charge in [0.2, 0.25) is 0 Å². The molecule has 1 aromatic heterocycles. The van der Waals surface area contributed by atoms with Gasteiger partial charge in [-0.25, -0.2) is 4.98 Å². The topological polar surface area (TPSA) is 50.2 Å². The van der Waals surface area contributed by atoms with Crippen LogP contribution in [0.1, 0.15) is 68.8 Å². The van der Waals surface area contributed by atoms with E-state index in [2.05, 4.69) is 35.6 Å². The number of nitrogens with zero attached hydrogens (tertiary/aromatic N) is 3. The van der Waals surface area contributed by atoms with Crippen LogP contribution in [-0.4, -0.2) is 34.1 Å². The van der Waals surface area contributed by atoms with Crippen LogP contribution in [-0.2, 0) is 6.42 Å². The van der Waals surface area contributed by atoms with Gasteiger partial charge in [0.25, 0.3) is 5.91 Å². The van der Waals surface area contributed by atoms with Crippen LogP contribution >= 0.6 is 0 Å². The standard InChI is InChI=1S/C15H26N4O/c1-5-8-11(9-6-2)19-12(7-3)17-14-13(19)15(20)18(4)10-16-14/h11,16H,5-10H2,1-4H3. The highest BCUT2D eigenvalue weighted by molar-refractivity contribution is 5.99. The van der Waals surface area contributed by atoms with Crippen LogP contribution < -0.4 is 5.32 Å². The summed E-state index contributed by atoms with van der Waals surface area (Å²) in [4.78, 5) is 18.9. The summed E-state index contributed by atoms with van der Waals surface area (Å²) in [5, 5.41) is 3.25. The van der Waals surface area contributed by atoms with Crippen LogP contribution in [0.15, 0.2) is 0 Å². The van der Waals surface area contributed by atoms with E-state index in [0.717, 1.165) is 49.4 Å². The summed E-state index contributed by atoms with van der Waals surface area (Å²) in [7, 11) is 1.83. The first-order valence-electron chi connectivity index (χ1n) is 7.74. The fourth-order valence-electron chi connectivity index (χ4n) is 2.96. The van der Waals surface area contributed by atoms with Gasteiger partial charge in [-0.2, -0.15) is 0 Å². The third-order valence-electron chi connectivity index (χ3n) is 3.94. The van der Waals surface area contributed by atoms with Crippen molar-refractivity contribution in [1.82, 2.24) is 14.5 Å². The van der Waals surface area contributed by atoms with E-state index in [1.807, 2.05) is 7.05 Å². The molecule has 0 unspecified atom stereocenters. The average molecular weight is 278 g/mol. The number of aromatic nitrogens is 2. The lowest BCUT2D eigenvalue weighted by Crippen LogP contribution is -2.38. The van der Waals surface area contributed by atoms with Gasteiger partial charge in [0.05, 0.1) is 6.67 Å². The highest BCUT2D eigenvalue weighted by atomic mass is 16.2. The number of hydrogen-bond donors (Lipinski definition) is 1. The fraction of sp³-hybridized carbons (Fsp3) is 0.733. The summed E-state index contributed by atoms with van der Waals surface area (Å²) < 4.78 is 2.20. The highest BCUT2D eigenvalue weighted by Gasteiger charge is 2.31. The molecule has 20 heavy (non-hydrogen) atoms. The van der Waals surface area contributed by atoms with E-state index in [-0.39, 0.29) is 5.91 Å². The van der Waals surface area contributed by atoms with E-state index in [1.165, 1.54) is 0 Å². The first kappa shape index (κ1) is 14.9. The van der Waals surface area contributed by atoms with Crippen LogP contribution in [0.3, 0.4) is 0 Å². The smallest absolute Gasteiger partial charge is 0.275 e. The number of carbonyl (C=O) groups is 1. The zero-order valence-corrected chi connectivity index (χ0v) is 13.1. The number of rotatable bonds is 6. The number of amides is 1. The molecule has 0 aliphatic carbocycles. The van der Waals surface area contributed by atoms with Gasteiger partial charge in [-0.3, -0.25) is 4.79 Å². The average Bonchev–Trinajstić information content (AvgIpc) is 2.82. The van der Waals surface area contributed by atoms with Crippen molar-refractivity contribution < 1.29 is 4.79 Å². The Labute approximate surface area is 121 Å². The van der Waals surface area contributed by atoms with Gasteiger partial charge >= 0.3 is 0 Å². The molecule has 5 heteroatoms. The quantitative estimate of drug-likeness (QED) is 0.870. The van der Waals surface area contributed by atoms with E-state index in [4.69, 9.17) is 0 Å². The molecule has 1 amide bonds. The first-order chi connectivity index (χ1) is 9.63. The van der Waals surface area contributed by atoms with Crippen molar-refractivity contribution in [2.75, 3.05) is 19.0 Å². The Morgan fingerprint density at radius 2 is 1.90 bits per heavy atom. The second kappa shape index (κ2) is 6.29. The Morgan fingerprint density at radius 1 is 1.25 bits per heavy atom. The lowest BCUT2D eigenvalue weighted by Gasteiger charge is -2.27. The summed E-state index contributed by atoms with van der Waals surface area (Å²) in [6.45, 7) is 7.04. The summed E-state index contributed by atoms with van der Waals surface area (Å²) in [5.74, 6) is 1.88. The zero-order chi connectivity index (χ0) is 14.7. The Kier molecular flexibility index (Phi) is 4.68. The first-order valence-corrected chi connectivity index (χ1v) is 7.74. The van der Waals surface area contributed by atoms with E-state index in [1.54, 1.807) is 4.90 Å². The van der Waals surface area contributed by atoms with E-state index < -0.39 is 0 Å². The molecule has 1 aromatic rings. The monoisotopic (exact) mass is 278 g/mol. The van der Waals surface area contributed by atoms with Crippen LogP contribution in [0.25, 0.3) is 0 Å². The molecule has 0 saturated heterocycles. The summed E-state index contributed by atoms with van der Waals surface area (Å²) in [6.07, 6.45) is 5.30. The molecule has 0 radical (unpaired) electrons. The SMILES string of the molecule is CCCC(CCC)n1c(CC)nc2c1C(=O)N(C)CN2. The predicted octanol–water partition coefficient (Wildman–Crippen LogP) is 3.04. The minimum atomic E-state index is 0.0863. The van der Waals surface area contributed by atoms with Crippen molar-refractivity contribution in [2.24, 2.45) is 0 Å². The maximum Gasteiger partial charge on any atom is 0.275 e. The summed E-state index contributed by atoms with van der Waals surface area (Å²) in [5.41, 5.74) is 0.752. The minimum Gasteiger partial charge on any atom is -0.351 e. The molecule has 5 nitrogen and oxygen atoms in total. The molecule has 0 aromatic carbocycles. The predicted molar refractivity (Wildman–Crippen MR) is 81.0 cm³/mol. The van der Waals surface area contributed by atoms with E-state index >= 15 is 0 Å². The molecule has 2 rings (SSSR count). The van der Waals surface area contributed by atoms with E-state index in [0.29, 0.717) is 12.7 Å². The number of carbonyl (C=O) groups excluding carboxylic acids is 1. The van der Waals surface area contributed by atoms with Crippen molar-refractivity contribution >= 4 is 11.7 Å². The van der Waals surface area contributed by atoms with Crippen LogP contribution in [0.4, 0.5) is 5.82 Å². The van der Waals surface area contributed by atoms with E-state index in [9.17, 15) is 4.79 Å². The van der Waals surface area contributed by atoms with Crippen LogP contribution in [0, 0.1) is 0 Å². The third-order valence-corrected chi connectivity index (χ3v) is 3.94. The number of nitrogens with one attached hydrogen (secondary N) is 1. The normalized spacial score (nSPS) is 14.7. The minimum absolute atomic E-state index is 0.0863. The van der Waals surface area contributed by atoms with Crippen molar-refractivity contribution in [1.29, 1.82) is 0 Å². The Hall–Kier alpha value is -1.52. The second-order valence-electron chi connectivity index (χ2n) is 5.52. The van der Waals surface area contributed by atoms with Crippen molar-refractivity contribution in [2.45, 2.75) is 58.9 Å². The van der Waals surface area contributed by atoms with Gasteiger partial charge in [-0.1, -0.05) is 33.6 Å². The largest absolute Gasteiger partial charge is 0.351 e. The lowest BCUT2D eigenvalue weighted by molar-refractivity contribution is 0.0781. The molecule has 1 aliphatic heterocycles. The lowest BCUT2D eigenvalue weighted by atomic mass is 10.1. The molecule has 0 spiro atoms. The molecule has 0 bridgehead atoms. The van der Waals surface area contributed by atoms with Crippen molar-refractivity contribution in [3.63, 3.8) is 0 Å². The third kappa shape index (κ3) is 2.53.